The highest BCUT2D eigenvalue weighted by molar-refractivity contribution is 6.28. The van der Waals surface area contributed by atoms with Crippen LogP contribution in [0.1, 0.15) is 17.4 Å². The quantitative estimate of drug-likeness (QED) is 0.452. The van der Waals surface area contributed by atoms with Gasteiger partial charge in [-0.15, -0.1) is 0 Å². The number of benzene rings is 1. The van der Waals surface area contributed by atoms with E-state index >= 15 is 0 Å². The van der Waals surface area contributed by atoms with E-state index in [0.717, 1.165) is 16.8 Å². The van der Waals surface area contributed by atoms with E-state index in [0.29, 0.717) is 11.3 Å². The molecular formula is C19H21ClN6O4. The summed E-state index contributed by atoms with van der Waals surface area (Å²) < 4.78 is 7.03. The molecule has 0 aliphatic carbocycles. The second-order valence-corrected chi connectivity index (χ2v) is 7.55. The highest BCUT2D eigenvalue weighted by Crippen LogP contribution is 2.33. The lowest BCUT2D eigenvalue weighted by atomic mass is 10.1. The van der Waals surface area contributed by atoms with Gasteiger partial charge in [0.15, 0.2) is 29.3 Å². The second-order valence-electron chi connectivity index (χ2n) is 7.21. The van der Waals surface area contributed by atoms with Crippen molar-refractivity contribution in [1.82, 2.24) is 24.8 Å². The molecule has 1 fully saturated rings. The van der Waals surface area contributed by atoms with Crippen LogP contribution in [0.3, 0.4) is 0 Å². The standard InChI is InChI=1S/C19H21ClN6O4/c1-8-4-9(2)6-10(5-8)23-15-11-16(25-19(20)24-15)26(7-22-11)18-13(28)12(27)14(30-18)17(29)21-3/h4-7,12-14,18,27-28H,1-3H3,(H,21,29)(H,23,24,25)/t12-,13+,14-,18+/m0/s1. The molecule has 1 aromatic carbocycles. The molecule has 0 bridgehead atoms. The molecule has 3 heterocycles. The molecule has 3 aromatic rings. The van der Waals surface area contributed by atoms with Gasteiger partial charge in [0.2, 0.25) is 5.28 Å². The number of rotatable bonds is 4. The zero-order valence-corrected chi connectivity index (χ0v) is 17.3. The molecule has 0 saturated carbocycles. The predicted octanol–water partition coefficient (Wildman–Crippen LogP) is 1.21. The Morgan fingerprint density at radius 1 is 1.17 bits per heavy atom. The molecular weight excluding hydrogens is 412 g/mol. The minimum absolute atomic E-state index is 0.0352. The van der Waals surface area contributed by atoms with E-state index < -0.39 is 30.4 Å². The molecule has 30 heavy (non-hydrogen) atoms. The lowest BCUT2D eigenvalue weighted by Crippen LogP contribution is -2.41. The third kappa shape index (κ3) is 3.58. The number of carbonyl (C=O) groups excluding carboxylic acids is 1. The fourth-order valence-corrected chi connectivity index (χ4v) is 3.76. The van der Waals surface area contributed by atoms with Gasteiger partial charge in [0.05, 0.1) is 6.33 Å². The predicted molar refractivity (Wildman–Crippen MR) is 110 cm³/mol. The Morgan fingerprint density at radius 3 is 2.53 bits per heavy atom. The SMILES string of the molecule is CNC(=O)[C@H]1O[C@@H](n2cnc3c(Nc4cc(C)cc(C)c4)nc(Cl)nc32)[C@H](O)[C@@H]1O. The van der Waals surface area contributed by atoms with Gasteiger partial charge in [0, 0.05) is 12.7 Å². The number of imidazole rings is 1. The lowest BCUT2D eigenvalue weighted by molar-refractivity contribution is -0.137. The first-order valence-corrected chi connectivity index (χ1v) is 9.65. The van der Waals surface area contributed by atoms with Crippen LogP contribution in [0.15, 0.2) is 24.5 Å². The van der Waals surface area contributed by atoms with Crippen molar-refractivity contribution in [3.63, 3.8) is 0 Å². The number of aromatic nitrogens is 4. The van der Waals surface area contributed by atoms with E-state index in [1.165, 1.54) is 17.9 Å². The Labute approximate surface area is 176 Å². The van der Waals surface area contributed by atoms with Crippen LogP contribution in [-0.2, 0) is 9.53 Å². The number of hydrogen-bond acceptors (Lipinski definition) is 8. The molecule has 1 aliphatic heterocycles. The molecule has 0 unspecified atom stereocenters. The second kappa shape index (κ2) is 7.80. The van der Waals surface area contributed by atoms with Crippen molar-refractivity contribution in [1.29, 1.82) is 0 Å². The van der Waals surface area contributed by atoms with Gasteiger partial charge in [0.25, 0.3) is 5.91 Å². The zero-order chi connectivity index (χ0) is 21.6. The largest absolute Gasteiger partial charge is 0.387 e. The van der Waals surface area contributed by atoms with E-state index in [2.05, 4.69) is 31.7 Å². The Morgan fingerprint density at radius 2 is 1.87 bits per heavy atom. The van der Waals surface area contributed by atoms with E-state index in [1.54, 1.807) is 0 Å². The summed E-state index contributed by atoms with van der Waals surface area (Å²) in [7, 11) is 1.42. The van der Waals surface area contributed by atoms with Crippen molar-refractivity contribution in [2.24, 2.45) is 0 Å². The number of aliphatic hydroxyl groups excluding tert-OH is 2. The first-order chi connectivity index (χ1) is 14.3. The number of anilines is 2. The van der Waals surface area contributed by atoms with Crippen LogP contribution < -0.4 is 10.6 Å². The number of amides is 1. The summed E-state index contributed by atoms with van der Waals surface area (Å²) in [5, 5.41) is 26.2. The van der Waals surface area contributed by atoms with Gasteiger partial charge in [-0.1, -0.05) is 6.07 Å². The highest BCUT2D eigenvalue weighted by Gasteiger charge is 2.47. The maximum absolute atomic E-state index is 11.9. The lowest BCUT2D eigenvalue weighted by Gasteiger charge is -2.16. The smallest absolute Gasteiger partial charge is 0.251 e. The van der Waals surface area contributed by atoms with Crippen LogP contribution in [-0.4, -0.2) is 61.0 Å². The Hall–Kier alpha value is -2.79. The van der Waals surface area contributed by atoms with Crippen molar-refractivity contribution >= 4 is 40.2 Å². The Bertz CT molecular complexity index is 1100. The highest BCUT2D eigenvalue weighted by atomic mass is 35.5. The average Bonchev–Trinajstić information content (AvgIpc) is 3.22. The monoisotopic (exact) mass is 432 g/mol. The van der Waals surface area contributed by atoms with Crippen LogP contribution >= 0.6 is 11.6 Å². The van der Waals surface area contributed by atoms with Crippen molar-refractivity contribution in [2.75, 3.05) is 12.4 Å². The number of nitrogens with zero attached hydrogens (tertiary/aromatic N) is 4. The summed E-state index contributed by atoms with van der Waals surface area (Å²) in [6.45, 7) is 3.98. The van der Waals surface area contributed by atoms with E-state index in [1.807, 2.05) is 26.0 Å². The fraction of sp³-hybridized carbons (Fsp3) is 0.368. The molecule has 2 aromatic heterocycles. The molecule has 1 saturated heterocycles. The molecule has 4 atom stereocenters. The van der Waals surface area contributed by atoms with E-state index in [-0.39, 0.29) is 10.9 Å². The maximum atomic E-state index is 11.9. The number of hydrogen-bond donors (Lipinski definition) is 4. The summed E-state index contributed by atoms with van der Waals surface area (Å²) >= 11 is 6.13. The third-order valence-corrected chi connectivity index (χ3v) is 5.06. The number of nitrogens with one attached hydrogen (secondary N) is 2. The van der Waals surface area contributed by atoms with Gasteiger partial charge in [0.1, 0.15) is 12.2 Å². The molecule has 11 heteroatoms. The van der Waals surface area contributed by atoms with Gasteiger partial charge in [-0.25, -0.2) is 4.98 Å². The Kier molecular flexibility index (Phi) is 5.33. The minimum Gasteiger partial charge on any atom is -0.387 e. The molecule has 0 spiro atoms. The van der Waals surface area contributed by atoms with Gasteiger partial charge >= 0.3 is 0 Å². The fourth-order valence-electron chi connectivity index (χ4n) is 3.60. The summed E-state index contributed by atoms with van der Waals surface area (Å²) in [6.07, 6.45) is -3.67. The summed E-state index contributed by atoms with van der Waals surface area (Å²) in [5.41, 5.74) is 3.65. The van der Waals surface area contributed by atoms with Gasteiger partial charge < -0.3 is 25.6 Å². The van der Waals surface area contributed by atoms with Crippen LogP contribution in [0.2, 0.25) is 5.28 Å². The first kappa shape index (κ1) is 20.5. The first-order valence-electron chi connectivity index (χ1n) is 9.27. The molecule has 1 aliphatic rings. The molecule has 4 N–H and O–H groups in total. The van der Waals surface area contributed by atoms with Gasteiger partial charge in [-0.3, -0.25) is 9.36 Å². The van der Waals surface area contributed by atoms with Crippen molar-refractivity contribution in [2.45, 2.75) is 38.4 Å². The molecule has 158 valence electrons. The van der Waals surface area contributed by atoms with Crippen LogP contribution in [0.4, 0.5) is 11.5 Å². The normalized spacial score (nSPS) is 23.7. The molecule has 0 radical (unpaired) electrons. The number of fused-ring (bicyclic) bond motifs is 1. The number of carbonyl (C=O) groups is 1. The zero-order valence-electron chi connectivity index (χ0n) is 16.5. The van der Waals surface area contributed by atoms with Crippen LogP contribution in [0.25, 0.3) is 11.2 Å². The topological polar surface area (TPSA) is 134 Å². The number of likely N-dealkylation sites (N-methyl/N-ethyl adjacent to an activating group) is 1. The minimum atomic E-state index is -1.41. The van der Waals surface area contributed by atoms with Gasteiger partial charge in [-0.2, -0.15) is 9.97 Å². The summed E-state index contributed by atoms with van der Waals surface area (Å²) in [5.74, 6) is -0.164. The number of aryl methyl sites for hydroxylation is 2. The van der Waals surface area contributed by atoms with Crippen LogP contribution in [0.5, 0.6) is 0 Å². The number of halogens is 1. The summed E-state index contributed by atoms with van der Waals surface area (Å²) in [4.78, 5) is 24.7. The van der Waals surface area contributed by atoms with E-state index in [9.17, 15) is 15.0 Å². The third-order valence-electron chi connectivity index (χ3n) is 4.90. The van der Waals surface area contributed by atoms with Gasteiger partial charge in [-0.05, 0) is 48.7 Å². The maximum Gasteiger partial charge on any atom is 0.251 e. The average molecular weight is 433 g/mol. The number of aliphatic hydroxyl groups is 2. The van der Waals surface area contributed by atoms with E-state index in [4.69, 9.17) is 16.3 Å². The molecule has 4 rings (SSSR count). The summed E-state index contributed by atoms with van der Waals surface area (Å²) in [6, 6.07) is 5.97. The number of ether oxygens (including phenoxy) is 1. The Balaban J connectivity index is 1.73. The van der Waals surface area contributed by atoms with Crippen LogP contribution in [0, 0.1) is 13.8 Å². The molecule has 1 amide bonds. The van der Waals surface area contributed by atoms with Crippen molar-refractivity contribution in [3.05, 3.63) is 40.9 Å². The van der Waals surface area contributed by atoms with Crippen molar-refractivity contribution < 1.29 is 19.7 Å². The molecule has 10 nitrogen and oxygen atoms in total. The van der Waals surface area contributed by atoms with Crippen molar-refractivity contribution in [3.8, 4) is 0 Å².